The van der Waals surface area contributed by atoms with Crippen LogP contribution in [0.3, 0.4) is 0 Å². The Labute approximate surface area is 382 Å². The highest BCUT2D eigenvalue weighted by Crippen LogP contribution is 2.14. The van der Waals surface area contributed by atoms with Gasteiger partial charge >= 0.3 is 17.9 Å². The van der Waals surface area contributed by atoms with Gasteiger partial charge in [0.25, 0.3) is 0 Å². The topological polar surface area (TPSA) is 78.9 Å². The minimum atomic E-state index is -0.828. The molecule has 0 fully saturated rings. The van der Waals surface area contributed by atoms with E-state index in [1.807, 2.05) is 6.08 Å². The van der Waals surface area contributed by atoms with Gasteiger partial charge in [0, 0.05) is 12.8 Å². The van der Waals surface area contributed by atoms with Crippen molar-refractivity contribution in [2.24, 2.45) is 0 Å². The lowest BCUT2D eigenvalue weighted by Crippen LogP contribution is -2.30. The van der Waals surface area contributed by atoms with Crippen LogP contribution in [-0.4, -0.2) is 37.2 Å². The van der Waals surface area contributed by atoms with Gasteiger partial charge in [-0.15, -0.1) is 0 Å². The van der Waals surface area contributed by atoms with Gasteiger partial charge in [0.2, 0.25) is 0 Å². The Kier molecular flexibility index (Phi) is 47.9. The van der Waals surface area contributed by atoms with Gasteiger partial charge in [0.05, 0.1) is 6.42 Å². The second-order valence-corrected chi connectivity index (χ2v) is 17.1. The van der Waals surface area contributed by atoms with E-state index in [-0.39, 0.29) is 31.6 Å². The Bertz CT molecular complexity index is 1180. The van der Waals surface area contributed by atoms with Gasteiger partial charge in [-0.2, -0.15) is 0 Å². The Morgan fingerprint density at radius 1 is 0.355 bits per heavy atom. The molecule has 356 valence electrons. The summed E-state index contributed by atoms with van der Waals surface area (Å²) in [6.07, 6.45) is 63.4. The predicted molar refractivity (Wildman–Crippen MR) is 265 cm³/mol. The zero-order chi connectivity index (χ0) is 45.1. The highest BCUT2D eigenvalue weighted by molar-refractivity contribution is 5.72. The number of allylic oxidation sites excluding steroid dienone is 11. The number of rotatable bonds is 46. The van der Waals surface area contributed by atoms with E-state index in [0.29, 0.717) is 12.8 Å². The molecule has 6 heteroatoms. The van der Waals surface area contributed by atoms with Gasteiger partial charge in [-0.05, 0) is 70.6 Å². The van der Waals surface area contributed by atoms with E-state index in [4.69, 9.17) is 14.2 Å². The SMILES string of the molecule is CC/C=C\C/C=C\C/C=C\C/C=C\C/C=C\CC(=O)OC(COC(=O)CCCCCCCCC/C=C\CCCCCCCC)COC(=O)CCCCCCCCCCCCCC. The molecule has 0 saturated carbocycles. The zero-order valence-electron chi connectivity index (χ0n) is 40.6. The molecule has 6 nitrogen and oxygen atoms in total. The first-order chi connectivity index (χ1) is 30.5. The van der Waals surface area contributed by atoms with Crippen molar-refractivity contribution in [2.45, 2.75) is 252 Å². The zero-order valence-corrected chi connectivity index (χ0v) is 40.6. The first kappa shape index (κ1) is 58.9. The molecule has 0 radical (unpaired) electrons. The summed E-state index contributed by atoms with van der Waals surface area (Å²) in [4.78, 5) is 37.9. The van der Waals surface area contributed by atoms with Crippen LogP contribution in [0.15, 0.2) is 72.9 Å². The Morgan fingerprint density at radius 2 is 0.677 bits per heavy atom. The molecule has 0 heterocycles. The fourth-order valence-corrected chi connectivity index (χ4v) is 7.10. The second kappa shape index (κ2) is 50.5. The van der Waals surface area contributed by atoms with Crippen molar-refractivity contribution in [1.82, 2.24) is 0 Å². The van der Waals surface area contributed by atoms with Crippen molar-refractivity contribution < 1.29 is 28.6 Å². The quantitative estimate of drug-likeness (QED) is 0.0262. The molecule has 62 heavy (non-hydrogen) atoms. The molecule has 0 aliphatic heterocycles. The van der Waals surface area contributed by atoms with Crippen LogP contribution in [0.1, 0.15) is 245 Å². The minimum absolute atomic E-state index is 0.0979. The maximum Gasteiger partial charge on any atom is 0.310 e. The molecule has 0 N–H and O–H groups in total. The molecule has 0 rings (SSSR count). The third kappa shape index (κ3) is 47.9. The summed E-state index contributed by atoms with van der Waals surface area (Å²) in [5.74, 6) is -1.05. The standard InChI is InChI=1S/C56H96O6/c1-4-7-10-13-16-19-22-25-27-28-30-31-34-37-40-43-46-49-55(58)61-52-53(51-60-54(57)48-45-42-39-36-33-24-21-18-15-12-9-6-3)62-56(59)50-47-44-41-38-35-32-29-26-23-20-17-14-11-8-5-2/h8,11,17,20,25-27,29,35,38,44,47,53H,4-7,9-10,12-16,18-19,21-24,28,30-34,36-37,39-43,45-46,48-52H2,1-3H3/b11-8-,20-17-,27-25-,29-26-,38-35-,47-44-. The average Bonchev–Trinajstić information content (AvgIpc) is 3.27. The van der Waals surface area contributed by atoms with Crippen molar-refractivity contribution >= 4 is 17.9 Å². The molecule has 1 atom stereocenters. The summed E-state index contributed by atoms with van der Waals surface area (Å²) < 4.78 is 16.7. The molecule has 0 bridgehead atoms. The molecule has 0 aromatic rings. The fraction of sp³-hybridized carbons (Fsp3) is 0.732. The van der Waals surface area contributed by atoms with Crippen molar-refractivity contribution in [3.05, 3.63) is 72.9 Å². The number of hydrogen-bond acceptors (Lipinski definition) is 6. The van der Waals surface area contributed by atoms with E-state index in [1.54, 1.807) is 6.08 Å². The van der Waals surface area contributed by atoms with E-state index in [9.17, 15) is 14.4 Å². The molecule has 0 aliphatic carbocycles. The lowest BCUT2D eigenvalue weighted by Gasteiger charge is -2.18. The van der Waals surface area contributed by atoms with Crippen molar-refractivity contribution in [1.29, 1.82) is 0 Å². The van der Waals surface area contributed by atoms with Crippen LogP contribution in [0.2, 0.25) is 0 Å². The fourth-order valence-electron chi connectivity index (χ4n) is 7.10. The number of carbonyl (C=O) groups is 3. The highest BCUT2D eigenvalue weighted by Gasteiger charge is 2.19. The molecule has 0 aliphatic rings. The maximum atomic E-state index is 12.7. The van der Waals surface area contributed by atoms with Crippen LogP contribution < -0.4 is 0 Å². The van der Waals surface area contributed by atoms with Crippen LogP contribution >= 0.6 is 0 Å². The Hall–Kier alpha value is -3.15. The number of hydrogen-bond donors (Lipinski definition) is 0. The monoisotopic (exact) mass is 865 g/mol. The summed E-state index contributed by atoms with van der Waals surface area (Å²) in [7, 11) is 0. The smallest absolute Gasteiger partial charge is 0.310 e. The van der Waals surface area contributed by atoms with Crippen LogP contribution in [0.25, 0.3) is 0 Å². The molecule has 0 spiro atoms. The van der Waals surface area contributed by atoms with Crippen molar-refractivity contribution in [3.8, 4) is 0 Å². The third-order valence-corrected chi connectivity index (χ3v) is 11.0. The second-order valence-electron chi connectivity index (χ2n) is 17.1. The van der Waals surface area contributed by atoms with E-state index >= 15 is 0 Å². The van der Waals surface area contributed by atoms with Crippen molar-refractivity contribution in [2.75, 3.05) is 13.2 Å². The predicted octanol–water partition coefficient (Wildman–Crippen LogP) is 17.0. The van der Waals surface area contributed by atoms with Gasteiger partial charge in [-0.25, -0.2) is 0 Å². The summed E-state index contributed by atoms with van der Waals surface area (Å²) in [5.41, 5.74) is 0. The molecule has 0 saturated heterocycles. The molecular weight excluding hydrogens is 769 g/mol. The lowest BCUT2D eigenvalue weighted by atomic mass is 10.0. The van der Waals surface area contributed by atoms with Gasteiger partial charge < -0.3 is 14.2 Å². The Morgan fingerprint density at radius 3 is 1.05 bits per heavy atom. The van der Waals surface area contributed by atoms with Gasteiger partial charge in [0.15, 0.2) is 6.10 Å². The summed E-state index contributed by atoms with van der Waals surface area (Å²) in [6, 6.07) is 0. The lowest BCUT2D eigenvalue weighted by molar-refractivity contribution is -0.166. The van der Waals surface area contributed by atoms with Gasteiger partial charge in [-0.1, -0.05) is 229 Å². The molecule has 0 aromatic carbocycles. The van der Waals surface area contributed by atoms with Gasteiger partial charge in [0.1, 0.15) is 13.2 Å². The minimum Gasteiger partial charge on any atom is -0.462 e. The molecule has 1 unspecified atom stereocenters. The summed E-state index contributed by atoms with van der Waals surface area (Å²) in [6.45, 7) is 6.43. The van der Waals surface area contributed by atoms with E-state index in [0.717, 1.165) is 70.6 Å². The van der Waals surface area contributed by atoms with Crippen LogP contribution in [0.5, 0.6) is 0 Å². The first-order valence-corrected chi connectivity index (χ1v) is 25.9. The maximum absolute atomic E-state index is 12.7. The molecule has 0 aromatic heterocycles. The van der Waals surface area contributed by atoms with Crippen LogP contribution in [0.4, 0.5) is 0 Å². The molecular formula is C56H96O6. The highest BCUT2D eigenvalue weighted by atomic mass is 16.6. The largest absolute Gasteiger partial charge is 0.462 e. The molecule has 0 amide bonds. The van der Waals surface area contributed by atoms with E-state index < -0.39 is 12.1 Å². The summed E-state index contributed by atoms with van der Waals surface area (Å²) >= 11 is 0. The number of carbonyl (C=O) groups excluding carboxylic acids is 3. The van der Waals surface area contributed by atoms with E-state index in [1.165, 1.54) is 135 Å². The van der Waals surface area contributed by atoms with Crippen molar-refractivity contribution in [3.63, 3.8) is 0 Å². The van der Waals surface area contributed by atoms with E-state index in [2.05, 4.69) is 81.5 Å². The number of esters is 3. The Balaban J connectivity index is 4.48. The number of ether oxygens (including phenoxy) is 3. The summed E-state index contributed by atoms with van der Waals surface area (Å²) in [5, 5.41) is 0. The first-order valence-electron chi connectivity index (χ1n) is 25.9. The third-order valence-electron chi connectivity index (χ3n) is 11.0. The number of unbranched alkanes of at least 4 members (excludes halogenated alkanes) is 24. The normalized spacial score (nSPS) is 12.6. The van der Waals surface area contributed by atoms with Crippen LogP contribution in [-0.2, 0) is 28.6 Å². The van der Waals surface area contributed by atoms with Crippen LogP contribution in [0, 0.1) is 0 Å². The van der Waals surface area contributed by atoms with Gasteiger partial charge in [-0.3, -0.25) is 14.4 Å². The average molecular weight is 865 g/mol.